The molecule has 0 radical (unpaired) electrons. The van der Waals surface area contributed by atoms with Crippen LogP contribution in [-0.4, -0.2) is 11.8 Å². The number of rotatable bonds is 0. The van der Waals surface area contributed by atoms with Crippen LogP contribution in [0.5, 0.6) is 0 Å². The van der Waals surface area contributed by atoms with E-state index in [0.717, 1.165) is 0 Å². The van der Waals surface area contributed by atoms with E-state index in [4.69, 9.17) is 0 Å². The van der Waals surface area contributed by atoms with Crippen LogP contribution in [0.25, 0.3) is 0 Å². The lowest BCUT2D eigenvalue weighted by Crippen LogP contribution is -2.21. The molecule has 1 aliphatic rings. The molecule has 0 aromatic heterocycles. The average molecular weight is 165 g/mol. The summed E-state index contributed by atoms with van der Waals surface area (Å²) in [5.74, 6) is 1.18. The molecule has 0 bridgehead atoms. The predicted octanol–water partition coefficient (Wildman–Crippen LogP) is 2.59. The minimum atomic E-state index is 0.606. The molecule has 0 fully saturated rings. The van der Waals surface area contributed by atoms with Gasteiger partial charge in [-0.25, -0.2) is 0 Å². The van der Waals surface area contributed by atoms with Gasteiger partial charge in [0.05, 0.1) is 0 Å². The highest BCUT2D eigenvalue weighted by Gasteiger charge is 2.12. The number of nitrogens with one attached hydrogen (secondary N) is 1. The highest BCUT2D eigenvalue weighted by atomic mass is 32.2. The van der Waals surface area contributed by atoms with Gasteiger partial charge in [0.15, 0.2) is 0 Å². The van der Waals surface area contributed by atoms with Crippen molar-refractivity contribution < 1.29 is 0 Å². The normalized spacial score (nSPS) is 22.1. The number of para-hydroxylation sites is 1. The maximum atomic E-state index is 3.44. The van der Waals surface area contributed by atoms with Gasteiger partial charge in [-0.2, -0.15) is 0 Å². The minimum absolute atomic E-state index is 0.606. The molecule has 0 spiro atoms. The molecule has 11 heavy (non-hydrogen) atoms. The van der Waals surface area contributed by atoms with E-state index in [9.17, 15) is 0 Å². The van der Waals surface area contributed by atoms with Crippen molar-refractivity contribution in [3.8, 4) is 0 Å². The van der Waals surface area contributed by atoms with Crippen molar-refractivity contribution in [2.75, 3.05) is 11.1 Å². The zero-order valence-corrected chi connectivity index (χ0v) is 7.32. The molecule has 1 nitrogen and oxygen atoms in total. The summed E-state index contributed by atoms with van der Waals surface area (Å²) in [5.41, 5.74) is 1.29. The van der Waals surface area contributed by atoms with Gasteiger partial charge in [-0.05, 0) is 19.1 Å². The first-order valence-corrected chi connectivity index (χ1v) is 4.83. The molecule has 58 valence electrons. The van der Waals surface area contributed by atoms with Gasteiger partial charge in [-0.1, -0.05) is 12.1 Å². The third-order valence-corrected chi connectivity index (χ3v) is 3.11. The summed E-state index contributed by atoms with van der Waals surface area (Å²) in [4.78, 5) is 1.38. The second-order valence-corrected chi connectivity index (χ2v) is 3.91. The van der Waals surface area contributed by atoms with Gasteiger partial charge >= 0.3 is 0 Å². The Morgan fingerprint density at radius 3 is 3.18 bits per heavy atom. The summed E-state index contributed by atoms with van der Waals surface area (Å²) in [6, 6.07) is 9.07. The van der Waals surface area contributed by atoms with Crippen LogP contribution in [0.1, 0.15) is 6.92 Å². The van der Waals surface area contributed by atoms with Gasteiger partial charge < -0.3 is 5.32 Å². The van der Waals surface area contributed by atoms with Crippen molar-refractivity contribution in [1.29, 1.82) is 0 Å². The van der Waals surface area contributed by atoms with Gasteiger partial charge in [0, 0.05) is 22.4 Å². The van der Waals surface area contributed by atoms with Crippen LogP contribution >= 0.6 is 11.8 Å². The standard InChI is InChI=1S/C9H11NS/c1-7-6-11-9-5-3-2-4-8(9)10-7/h2-5,7,10H,6H2,1H3/t7-/m0/s1. The Labute approximate surface area is 71.2 Å². The predicted molar refractivity (Wildman–Crippen MR) is 50.3 cm³/mol. The molecule has 0 unspecified atom stereocenters. The van der Waals surface area contributed by atoms with Crippen molar-refractivity contribution in [1.82, 2.24) is 0 Å². The van der Waals surface area contributed by atoms with E-state index in [2.05, 4.69) is 36.5 Å². The fourth-order valence-corrected chi connectivity index (χ4v) is 2.20. The Morgan fingerprint density at radius 1 is 1.45 bits per heavy atom. The molecule has 0 saturated heterocycles. The summed E-state index contributed by atoms with van der Waals surface area (Å²) in [7, 11) is 0. The summed E-state index contributed by atoms with van der Waals surface area (Å²) >= 11 is 1.93. The molecule has 1 atom stereocenters. The molecule has 0 saturated carbocycles. The van der Waals surface area contributed by atoms with Crippen molar-refractivity contribution in [2.24, 2.45) is 0 Å². The topological polar surface area (TPSA) is 12.0 Å². The highest BCUT2D eigenvalue weighted by molar-refractivity contribution is 7.99. The molecule has 2 rings (SSSR count). The van der Waals surface area contributed by atoms with Crippen LogP contribution < -0.4 is 5.32 Å². The third kappa shape index (κ3) is 1.36. The van der Waals surface area contributed by atoms with Crippen LogP contribution in [0.15, 0.2) is 29.2 Å². The van der Waals surface area contributed by atoms with Gasteiger partial charge in [-0.3, -0.25) is 0 Å². The van der Waals surface area contributed by atoms with Crippen LogP contribution in [0.4, 0.5) is 5.69 Å². The Bertz CT molecular complexity index is 259. The second-order valence-electron chi connectivity index (χ2n) is 2.85. The van der Waals surface area contributed by atoms with Crippen LogP contribution in [0, 0.1) is 0 Å². The van der Waals surface area contributed by atoms with Gasteiger partial charge in [0.2, 0.25) is 0 Å². The smallest absolute Gasteiger partial charge is 0.0480 e. The molecule has 1 aliphatic heterocycles. The third-order valence-electron chi connectivity index (χ3n) is 1.78. The minimum Gasteiger partial charge on any atom is -0.381 e. The molecular weight excluding hydrogens is 154 g/mol. The summed E-state index contributed by atoms with van der Waals surface area (Å²) in [5, 5.41) is 3.44. The number of benzene rings is 1. The van der Waals surface area contributed by atoms with Crippen LogP contribution in [0.2, 0.25) is 0 Å². The van der Waals surface area contributed by atoms with Crippen molar-refractivity contribution >= 4 is 17.4 Å². The van der Waals surface area contributed by atoms with E-state index in [1.807, 2.05) is 11.8 Å². The number of fused-ring (bicyclic) bond motifs is 1. The van der Waals surface area contributed by atoms with E-state index >= 15 is 0 Å². The lowest BCUT2D eigenvalue weighted by Gasteiger charge is -2.22. The summed E-state index contributed by atoms with van der Waals surface area (Å²) in [6.07, 6.45) is 0. The lowest BCUT2D eigenvalue weighted by atomic mass is 10.3. The number of hydrogen-bond acceptors (Lipinski definition) is 2. The maximum Gasteiger partial charge on any atom is 0.0480 e. The summed E-state index contributed by atoms with van der Waals surface area (Å²) in [6.45, 7) is 2.21. The SMILES string of the molecule is C[C@H]1CSc2ccccc2N1. The molecule has 2 heteroatoms. The molecule has 0 aliphatic carbocycles. The molecule has 1 N–H and O–H groups in total. The molecule has 1 heterocycles. The zero-order valence-electron chi connectivity index (χ0n) is 6.50. The molecule has 1 aromatic rings. The van der Waals surface area contributed by atoms with Crippen LogP contribution in [-0.2, 0) is 0 Å². The van der Waals surface area contributed by atoms with Gasteiger partial charge in [-0.15, -0.1) is 11.8 Å². The Kier molecular flexibility index (Phi) is 1.78. The maximum absolute atomic E-state index is 3.44. The molecule has 0 amide bonds. The number of hydrogen-bond donors (Lipinski definition) is 1. The van der Waals surface area contributed by atoms with E-state index in [0.29, 0.717) is 6.04 Å². The zero-order chi connectivity index (χ0) is 7.68. The van der Waals surface area contributed by atoms with Gasteiger partial charge in [0.1, 0.15) is 0 Å². The van der Waals surface area contributed by atoms with E-state index in [-0.39, 0.29) is 0 Å². The van der Waals surface area contributed by atoms with Crippen molar-refractivity contribution in [3.05, 3.63) is 24.3 Å². The fraction of sp³-hybridized carbons (Fsp3) is 0.333. The van der Waals surface area contributed by atoms with E-state index < -0.39 is 0 Å². The Morgan fingerprint density at radius 2 is 2.27 bits per heavy atom. The van der Waals surface area contributed by atoms with E-state index in [1.54, 1.807) is 0 Å². The largest absolute Gasteiger partial charge is 0.381 e. The fourth-order valence-electron chi connectivity index (χ4n) is 1.23. The average Bonchev–Trinajstić information content (AvgIpc) is 2.04. The van der Waals surface area contributed by atoms with Crippen molar-refractivity contribution in [3.63, 3.8) is 0 Å². The Balaban J connectivity index is 2.34. The second kappa shape index (κ2) is 2.78. The first kappa shape index (κ1) is 7.04. The van der Waals surface area contributed by atoms with Crippen molar-refractivity contribution in [2.45, 2.75) is 17.9 Å². The lowest BCUT2D eigenvalue weighted by molar-refractivity contribution is 0.895. The first-order valence-electron chi connectivity index (χ1n) is 3.84. The first-order chi connectivity index (χ1) is 5.36. The number of thioether (sulfide) groups is 1. The van der Waals surface area contributed by atoms with E-state index in [1.165, 1.54) is 16.3 Å². The quantitative estimate of drug-likeness (QED) is 0.634. The van der Waals surface area contributed by atoms with Gasteiger partial charge in [0.25, 0.3) is 0 Å². The summed E-state index contributed by atoms with van der Waals surface area (Å²) < 4.78 is 0. The van der Waals surface area contributed by atoms with Crippen LogP contribution in [0.3, 0.4) is 0 Å². The molecule has 1 aromatic carbocycles. The monoisotopic (exact) mass is 165 g/mol. The molecular formula is C9H11NS. The highest BCUT2D eigenvalue weighted by Crippen LogP contribution is 2.32. The number of anilines is 1. The Hall–Kier alpha value is -0.630.